The van der Waals surface area contributed by atoms with E-state index in [-0.39, 0.29) is 0 Å². The van der Waals surface area contributed by atoms with Crippen LogP contribution in [0.1, 0.15) is 57.4 Å². The molecule has 0 spiro atoms. The van der Waals surface area contributed by atoms with Gasteiger partial charge in [-0.2, -0.15) is 0 Å². The van der Waals surface area contributed by atoms with Gasteiger partial charge in [-0.25, -0.2) is 0 Å². The number of alkyl halides is 1. The van der Waals surface area contributed by atoms with Gasteiger partial charge in [-0.15, -0.1) is 11.6 Å². The van der Waals surface area contributed by atoms with Crippen molar-refractivity contribution in [1.82, 2.24) is 0 Å². The second-order valence-electron chi connectivity index (χ2n) is 7.50. The zero-order valence-corrected chi connectivity index (χ0v) is 20.2. The number of rotatable bonds is 23. The monoisotopic (exact) mass is 458 g/mol. The molecule has 180 valence electrons. The van der Waals surface area contributed by atoms with Crippen LogP contribution in [0.2, 0.25) is 0 Å². The van der Waals surface area contributed by atoms with Crippen molar-refractivity contribution in [3.63, 3.8) is 0 Å². The third-order valence-electron chi connectivity index (χ3n) is 4.83. The third-order valence-corrected chi connectivity index (χ3v) is 4.98. The van der Waals surface area contributed by atoms with Gasteiger partial charge in [-0.1, -0.05) is 57.6 Å². The van der Waals surface area contributed by atoms with E-state index in [0.29, 0.717) is 65.3 Å². The highest BCUT2D eigenvalue weighted by Crippen LogP contribution is 2.15. The quantitative estimate of drug-likeness (QED) is 0.156. The highest BCUT2D eigenvalue weighted by Gasteiger charge is 1.98. The number of benzene rings is 1. The number of hydrogen-bond donors (Lipinski definition) is 0. The Morgan fingerprint density at radius 1 is 0.581 bits per heavy atom. The van der Waals surface area contributed by atoms with Gasteiger partial charge in [0.2, 0.25) is 0 Å². The van der Waals surface area contributed by atoms with Crippen LogP contribution in [0.4, 0.5) is 0 Å². The topological polar surface area (TPSA) is 46.2 Å². The first kappa shape index (κ1) is 28.2. The molecule has 0 heterocycles. The van der Waals surface area contributed by atoms with Gasteiger partial charge < -0.3 is 23.7 Å². The second kappa shape index (κ2) is 22.3. The van der Waals surface area contributed by atoms with Crippen LogP contribution in [-0.4, -0.2) is 65.3 Å². The molecule has 0 atom stereocenters. The standard InChI is InChI=1S/C25H43ClO5/c1-2-3-4-5-6-7-8-9-24-10-12-25(13-11-24)31-23-22-30-21-20-29-19-18-28-17-16-27-15-14-26/h10-13H,2-9,14-23H2,1H3. The molecule has 0 saturated carbocycles. The summed E-state index contributed by atoms with van der Waals surface area (Å²) in [6.45, 7) is 7.28. The molecule has 0 saturated heterocycles. The Balaban J connectivity index is 1.87. The molecular formula is C25H43ClO5. The largest absolute Gasteiger partial charge is 0.491 e. The van der Waals surface area contributed by atoms with Crippen LogP contribution < -0.4 is 4.74 Å². The van der Waals surface area contributed by atoms with E-state index in [0.717, 1.165) is 12.2 Å². The first-order valence-electron chi connectivity index (χ1n) is 12.0. The minimum absolute atomic E-state index is 0.514. The number of unbranched alkanes of at least 4 members (excludes halogenated alkanes) is 6. The SMILES string of the molecule is CCCCCCCCCc1ccc(OCCOCCOCCOCCOCCCl)cc1. The van der Waals surface area contributed by atoms with Crippen LogP contribution >= 0.6 is 11.6 Å². The summed E-state index contributed by atoms with van der Waals surface area (Å²) in [6.07, 6.45) is 10.6. The van der Waals surface area contributed by atoms with E-state index < -0.39 is 0 Å². The van der Waals surface area contributed by atoms with Crippen molar-refractivity contribution in [2.75, 3.05) is 65.3 Å². The molecule has 0 aromatic heterocycles. The average Bonchev–Trinajstić information content (AvgIpc) is 2.79. The Kier molecular flexibility index (Phi) is 20.3. The maximum absolute atomic E-state index is 5.74. The van der Waals surface area contributed by atoms with E-state index in [1.54, 1.807) is 0 Å². The van der Waals surface area contributed by atoms with Gasteiger partial charge in [0.15, 0.2) is 0 Å². The van der Waals surface area contributed by atoms with Crippen molar-refractivity contribution in [1.29, 1.82) is 0 Å². The normalized spacial score (nSPS) is 11.2. The van der Waals surface area contributed by atoms with Crippen molar-refractivity contribution in [2.24, 2.45) is 0 Å². The molecule has 1 rings (SSSR count). The van der Waals surface area contributed by atoms with Gasteiger partial charge in [-0.05, 0) is 30.5 Å². The molecule has 0 N–H and O–H groups in total. The molecule has 0 aliphatic rings. The minimum atomic E-state index is 0.514. The van der Waals surface area contributed by atoms with E-state index in [1.165, 1.54) is 50.5 Å². The zero-order chi connectivity index (χ0) is 22.2. The maximum Gasteiger partial charge on any atom is 0.119 e. The molecule has 1 aromatic carbocycles. The average molecular weight is 459 g/mol. The number of halogens is 1. The lowest BCUT2D eigenvalue weighted by atomic mass is 10.0. The fourth-order valence-corrected chi connectivity index (χ4v) is 3.18. The summed E-state index contributed by atoms with van der Waals surface area (Å²) in [5.74, 6) is 1.41. The Morgan fingerprint density at radius 2 is 1.06 bits per heavy atom. The zero-order valence-electron chi connectivity index (χ0n) is 19.5. The predicted octanol–water partition coefficient (Wildman–Crippen LogP) is 5.66. The highest BCUT2D eigenvalue weighted by atomic mass is 35.5. The molecule has 0 radical (unpaired) electrons. The summed E-state index contributed by atoms with van der Waals surface area (Å²) >= 11 is 5.51. The van der Waals surface area contributed by atoms with Gasteiger partial charge in [0.25, 0.3) is 0 Å². The van der Waals surface area contributed by atoms with Crippen LogP contribution in [0.3, 0.4) is 0 Å². The van der Waals surface area contributed by atoms with Gasteiger partial charge in [0.05, 0.1) is 52.9 Å². The van der Waals surface area contributed by atoms with Crippen LogP contribution in [0.25, 0.3) is 0 Å². The van der Waals surface area contributed by atoms with Crippen molar-refractivity contribution in [2.45, 2.75) is 58.3 Å². The summed E-state index contributed by atoms with van der Waals surface area (Å²) in [5.41, 5.74) is 1.39. The molecule has 0 aliphatic carbocycles. The van der Waals surface area contributed by atoms with Crippen molar-refractivity contribution < 1.29 is 23.7 Å². The highest BCUT2D eigenvalue weighted by molar-refractivity contribution is 6.17. The fourth-order valence-electron chi connectivity index (χ4n) is 3.07. The summed E-state index contributed by atoms with van der Waals surface area (Å²) < 4.78 is 27.3. The summed E-state index contributed by atoms with van der Waals surface area (Å²) in [6, 6.07) is 8.46. The Labute approximate surface area is 194 Å². The van der Waals surface area contributed by atoms with E-state index in [9.17, 15) is 0 Å². The van der Waals surface area contributed by atoms with Crippen molar-refractivity contribution in [3.8, 4) is 5.75 Å². The lowest BCUT2D eigenvalue weighted by Gasteiger charge is -2.09. The first-order valence-corrected chi connectivity index (χ1v) is 12.5. The fraction of sp³-hybridized carbons (Fsp3) is 0.760. The van der Waals surface area contributed by atoms with Crippen LogP contribution in [-0.2, 0) is 25.4 Å². The third kappa shape index (κ3) is 18.4. The van der Waals surface area contributed by atoms with E-state index >= 15 is 0 Å². The summed E-state index contributed by atoms with van der Waals surface area (Å²) in [4.78, 5) is 0. The van der Waals surface area contributed by atoms with E-state index in [2.05, 4.69) is 31.2 Å². The van der Waals surface area contributed by atoms with Crippen molar-refractivity contribution >= 4 is 11.6 Å². The van der Waals surface area contributed by atoms with Gasteiger partial charge in [0.1, 0.15) is 12.4 Å². The summed E-state index contributed by atoms with van der Waals surface area (Å²) in [7, 11) is 0. The number of aryl methyl sites for hydroxylation is 1. The van der Waals surface area contributed by atoms with Crippen LogP contribution in [0, 0.1) is 0 Å². The van der Waals surface area contributed by atoms with Crippen LogP contribution in [0.5, 0.6) is 5.75 Å². The lowest BCUT2D eigenvalue weighted by molar-refractivity contribution is -0.00326. The molecule has 0 fully saturated rings. The minimum Gasteiger partial charge on any atom is -0.491 e. The molecule has 5 nitrogen and oxygen atoms in total. The van der Waals surface area contributed by atoms with Gasteiger partial charge >= 0.3 is 0 Å². The number of hydrogen-bond acceptors (Lipinski definition) is 5. The molecule has 6 heteroatoms. The maximum atomic E-state index is 5.74. The molecule has 0 amide bonds. The van der Waals surface area contributed by atoms with Crippen molar-refractivity contribution in [3.05, 3.63) is 29.8 Å². The van der Waals surface area contributed by atoms with Crippen LogP contribution in [0.15, 0.2) is 24.3 Å². The first-order chi connectivity index (χ1) is 15.4. The Hall–Kier alpha value is -0.850. The summed E-state index contributed by atoms with van der Waals surface area (Å²) in [5, 5.41) is 0. The molecule has 0 aliphatic heterocycles. The molecule has 1 aromatic rings. The smallest absolute Gasteiger partial charge is 0.119 e. The molecular weight excluding hydrogens is 416 g/mol. The molecule has 31 heavy (non-hydrogen) atoms. The van der Waals surface area contributed by atoms with Gasteiger partial charge in [0, 0.05) is 5.88 Å². The van der Waals surface area contributed by atoms with Gasteiger partial charge in [-0.3, -0.25) is 0 Å². The lowest BCUT2D eigenvalue weighted by Crippen LogP contribution is -2.14. The number of ether oxygens (including phenoxy) is 5. The molecule has 0 unspecified atom stereocenters. The van der Waals surface area contributed by atoms with E-state index in [1.807, 2.05) is 0 Å². The predicted molar refractivity (Wildman–Crippen MR) is 128 cm³/mol. The molecule has 0 bridgehead atoms. The van der Waals surface area contributed by atoms with E-state index in [4.69, 9.17) is 35.3 Å². The Morgan fingerprint density at radius 3 is 1.61 bits per heavy atom. The second-order valence-corrected chi connectivity index (χ2v) is 7.88. The Bertz CT molecular complexity index is 483.